The van der Waals surface area contributed by atoms with Gasteiger partial charge in [-0.2, -0.15) is 0 Å². The molecule has 2 aliphatic heterocycles. The summed E-state index contributed by atoms with van der Waals surface area (Å²) in [5, 5.41) is 3.99. The highest BCUT2D eigenvalue weighted by molar-refractivity contribution is 6.12. The van der Waals surface area contributed by atoms with Crippen LogP contribution in [0.4, 0.5) is 5.69 Å². The van der Waals surface area contributed by atoms with Crippen molar-refractivity contribution in [3.05, 3.63) is 65.9 Å². The van der Waals surface area contributed by atoms with Crippen molar-refractivity contribution in [1.82, 2.24) is 15.2 Å². The number of hydrogen-bond donors (Lipinski definition) is 2. The van der Waals surface area contributed by atoms with E-state index < -0.39 is 6.17 Å². The molecule has 1 atom stereocenters. The number of aliphatic imine (C=N–C) groups is 1. The number of para-hydroxylation sites is 2. The minimum atomic E-state index is -0.966. The second-order valence-corrected chi connectivity index (χ2v) is 10.2. The maximum absolute atomic E-state index is 13.9. The number of anilines is 1. The van der Waals surface area contributed by atoms with Gasteiger partial charge in [-0.1, -0.05) is 57.0 Å². The molecule has 2 amide bonds. The Hall–Kier alpha value is -3.61. The Bertz CT molecular complexity index is 1270. The second kappa shape index (κ2) is 10.6. The molecular formula is C29H35N5O2. The standard InChI is InChI=1S/C29H35N5O2/c1-20(2)19-34-25-14-8-6-12-23(25)28(33-15-9-3-4-10-16-33)32-27(29(34)36)31-26(35)17-21-18-30-24-13-7-5-11-22(21)24/h5-8,11-14,18,20,27,30H,3-4,9-10,15-17,19H2,1-2H3,(H,31,35)/t27-/m1/s1. The van der Waals surface area contributed by atoms with Crippen molar-refractivity contribution >= 4 is 34.2 Å². The van der Waals surface area contributed by atoms with Gasteiger partial charge in [0, 0.05) is 42.3 Å². The number of carbonyl (C=O) groups excluding carboxylic acids is 2. The highest BCUT2D eigenvalue weighted by Gasteiger charge is 2.34. The maximum Gasteiger partial charge on any atom is 0.272 e. The van der Waals surface area contributed by atoms with Gasteiger partial charge in [-0.3, -0.25) is 9.59 Å². The first kappa shape index (κ1) is 24.1. The zero-order valence-electron chi connectivity index (χ0n) is 21.2. The van der Waals surface area contributed by atoms with E-state index in [0.717, 1.165) is 59.5 Å². The molecular weight excluding hydrogens is 450 g/mol. The average molecular weight is 486 g/mol. The molecule has 0 spiro atoms. The molecule has 1 aromatic heterocycles. The first-order valence-electron chi connectivity index (χ1n) is 13.1. The predicted octanol–water partition coefficient (Wildman–Crippen LogP) is 4.48. The van der Waals surface area contributed by atoms with Crippen LogP contribution >= 0.6 is 0 Å². The molecule has 0 radical (unpaired) electrons. The van der Waals surface area contributed by atoms with Crippen LogP contribution < -0.4 is 10.2 Å². The number of likely N-dealkylation sites (tertiary alicyclic amines) is 1. The SMILES string of the molecule is CC(C)CN1C(=O)[C@H](NC(=O)Cc2c[nH]c3ccccc23)N=C(N2CCCCCC2)c2ccccc21. The number of hydrogen-bond acceptors (Lipinski definition) is 4. The van der Waals surface area contributed by atoms with E-state index in [-0.39, 0.29) is 24.2 Å². The minimum Gasteiger partial charge on any atom is -0.361 e. The van der Waals surface area contributed by atoms with E-state index in [4.69, 9.17) is 4.99 Å². The second-order valence-electron chi connectivity index (χ2n) is 10.2. The topological polar surface area (TPSA) is 80.8 Å². The monoisotopic (exact) mass is 485 g/mol. The van der Waals surface area contributed by atoms with Crippen LogP contribution in [0.1, 0.15) is 50.7 Å². The summed E-state index contributed by atoms with van der Waals surface area (Å²) in [5.74, 6) is 0.676. The van der Waals surface area contributed by atoms with Gasteiger partial charge >= 0.3 is 0 Å². The summed E-state index contributed by atoms with van der Waals surface area (Å²) in [5.41, 5.74) is 3.73. The summed E-state index contributed by atoms with van der Waals surface area (Å²) in [6.07, 6.45) is 5.69. The summed E-state index contributed by atoms with van der Waals surface area (Å²) in [6, 6.07) is 15.9. The molecule has 0 saturated carbocycles. The smallest absolute Gasteiger partial charge is 0.272 e. The molecule has 3 aromatic rings. The van der Waals surface area contributed by atoms with E-state index in [1.54, 1.807) is 0 Å². The number of amides is 2. The van der Waals surface area contributed by atoms with E-state index in [1.165, 1.54) is 12.8 Å². The predicted molar refractivity (Wildman–Crippen MR) is 144 cm³/mol. The lowest BCUT2D eigenvalue weighted by atomic mass is 10.1. The first-order chi connectivity index (χ1) is 17.5. The van der Waals surface area contributed by atoms with Crippen LogP contribution in [0.5, 0.6) is 0 Å². The number of aromatic amines is 1. The third-order valence-electron chi connectivity index (χ3n) is 6.96. The lowest BCUT2D eigenvalue weighted by molar-refractivity contribution is -0.127. The molecule has 2 aromatic carbocycles. The molecule has 1 fully saturated rings. The number of amidine groups is 1. The van der Waals surface area contributed by atoms with Gasteiger partial charge in [0.2, 0.25) is 12.1 Å². The minimum absolute atomic E-state index is 0.180. The summed E-state index contributed by atoms with van der Waals surface area (Å²) in [6.45, 7) is 6.57. The fourth-order valence-electron chi connectivity index (χ4n) is 5.25. The number of nitrogens with one attached hydrogen (secondary N) is 2. The Balaban J connectivity index is 1.49. The van der Waals surface area contributed by atoms with Crippen LogP contribution in [0.2, 0.25) is 0 Å². The number of fused-ring (bicyclic) bond motifs is 2. The fourth-order valence-corrected chi connectivity index (χ4v) is 5.25. The van der Waals surface area contributed by atoms with Crippen molar-refractivity contribution in [2.24, 2.45) is 10.9 Å². The van der Waals surface area contributed by atoms with Crippen LogP contribution in [0.15, 0.2) is 59.7 Å². The number of nitrogens with zero attached hydrogens (tertiary/aromatic N) is 3. The molecule has 0 aliphatic carbocycles. The number of H-pyrrole nitrogens is 1. The molecule has 3 heterocycles. The molecule has 36 heavy (non-hydrogen) atoms. The molecule has 2 aliphatic rings. The quantitative estimate of drug-likeness (QED) is 0.559. The largest absolute Gasteiger partial charge is 0.361 e. The summed E-state index contributed by atoms with van der Waals surface area (Å²) in [7, 11) is 0. The van der Waals surface area contributed by atoms with Crippen molar-refractivity contribution in [1.29, 1.82) is 0 Å². The fraction of sp³-hybridized carbons (Fsp3) is 0.414. The van der Waals surface area contributed by atoms with Gasteiger partial charge in [-0.25, -0.2) is 4.99 Å². The zero-order chi connectivity index (χ0) is 25.1. The highest BCUT2D eigenvalue weighted by atomic mass is 16.2. The summed E-state index contributed by atoms with van der Waals surface area (Å²) < 4.78 is 0. The third-order valence-corrected chi connectivity index (χ3v) is 6.96. The molecule has 7 nitrogen and oxygen atoms in total. The van der Waals surface area contributed by atoms with E-state index in [2.05, 4.69) is 35.1 Å². The Morgan fingerprint density at radius 2 is 1.78 bits per heavy atom. The van der Waals surface area contributed by atoms with Gasteiger partial charge < -0.3 is 20.1 Å². The molecule has 0 unspecified atom stereocenters. The van der Waals surface area contributed by atoms with Gasteiger partial charge in [-0.15, -0.1) is 0 Å². The van der Waals surface area contributed by atoms with E-state index in [9.17, 15) is 9.59 Å². The third kappa shape index (κ3) is 5.01. The Labute approximate surface area is 212 Å². The highest BCUT2D eigenvalue weighted by Crippen LogP contribution is 2.29. The van der Waals surface area contributed by atoms with E-state index >= 15 is 0 Å². The summed E-state index contributed by atoms with van der Waals surface area (Å²) >= 11 is 0. The average Bonchev–Trinajstić information content (AvgIpc) is 3.03. The molecule has 1 saturated heterocycles. The lowest BCUT2D eigenvalue weighted by Gasteiger charge is -2.28. The van der Waals surface area contributed by atoms with Gasteiger partial charge in [0.15, 0.2) is 0 Å². The number of aromatic nitrogens is 1. The van der Waals surface area contributed by atoms with Crippen molar-refractivity contribution in [2.45, 2.75) is 52.1 Å². The van der Waals surface area contributed by atoms with Crippen LogP contribution in [0.25, 0.3) is 10.9 Å². The van der Waals surface area contributed by atoms with Gasteiger partial charge in [0.1, 0.15) is 5.84 Å². The van der Waals surface area contributed by atoms with Gasteiger partial charge in [0.05, 0.1) is 12.1 Å². The molecule has 0 bridgehead atoms. The molecule has 188 valence electrons. The van der Waals surface area contributed by atoms with Crippen molar-refractivity contribution in [3.63, 3.8) is 0 Å². The molecule has 2 N–H and O–H groups in total. The lowest BCUT2D eigenvalue weighted by Crippen LogP contribution is -2.49. The van der Waals surface area contributed by atoms with Crippen LogP contribution in [-0.2, 0) is 16.0 Å². The normalized spacial score (nSPS) is 18.6. The Morgan fingerprint density at radius 1 is 1.06 bits per heavy atom. The van der Waals surface area contributed by atoms with Crippen molar-refractivity contribution in [2.75, 3.05) is 24.5 Å². The zero-order valence-corrected chi connectivity index (χ0v) is 21.2. The van der Waals surface area contributed by atoms with E-state index in [1.807, 2.05) is 53.6 Å². The van der Waals surface area contributed by atoms with Gasteiger partial charge in [-0.05, 0) is 42.5 Å². The van der Waals surface area contributed by atoms with Crippen LogP contribution in [0.3, 0.4) is 0 Å². The summed E-state index contributed by atoms with van der Waals surface area (Å²) in [4.78, 5) is 39.4. The number of rotatable bonds is 5. The number of benzene rings is 2. The van der Waals surface area contributed by atoms with E-state index in [0.29, 0.717) is 6.54 Å². The Kier molecular flexibility index (Phi) is 7.07. The molecule has 7 heteroatoms. The first-order valence-corrected chi connectivity index (χ1v) is 13.1. The van der Waals surface area contributed by atoms with Gasteiger partial charge in [0.25, 0.3) is 5.91 Å². The van der Waals surface area contributed by atoms with Crippen molar-refractivity contribution < 1.29 is 9.59 Å². The van der Waals surface area contributed by atoms with Crippen LogP contribution in [-0.4, -0.2) is 53.3 Å². The number of carbonyl (C=O) groups is 2. The Morgan fingerprint density at radius 3 is 2.56 bits per heavy atom. The number of benzodiazepines with no additional fused rings is 1. The van der Waals surface area contributed by atoms with Crippen LogP contribution in [0, 0.1) is 5.92 Å². The molecule has 5 rings (SSSR count). The maximum atomic E-state index is 13.9. The van der Waals surface area contributed by atoms with Crippen molar-refractivity contribution in [3.8, 4) is 0 Å².